The molecule has 0 aliphatic carbocycles. The van der Waals surface area contributed by atoms with Crippen LogP contribution in [0.25, 0.3) is 10.8 Å². The van der Waals surface area contributed by atoms with Crippen LogP contribution in [0.4, 0.5) is 5.82 Å². The molecule has 3 aromatic heterocycles. The summed E-state index contributed by atoms with van der Waals surface area (Å²) in [5, 5.41) is 9.15. The number of nitrogen functional groups attached to an aromatic ring is 1. The Morgan fingerprint density at radius 1 is 0.943 bits per heavy atom. The van der Waals surface area contributed by atoms with E-state index < -0.39 is 0 Å². The van der Waals surface area contributed by atoms with Crippen LogP contribution in [-0.4, -0.2) is 25.2 Å². The predicted octanol–water partition coefficient (Wildman–Crippen LogP) is 3.20. The van der Waals surface area contributed by atoms with Crippen molar-refractivity contribution in [3.8, 4) is 0 Å². The van der Waals surface area contributed by atoms with Gasteiger partial charge in [0, 0.05) is 36.6 Å². The molecule has 0 fully saturated rings. The Balaban J connectivity index is 1.18. The van der Waals surface area contributed by atoms with Gasteiger partial charge in [0.1, 0.15) is 5.82 Å². The number of aromatic nitrogens is 4. The Hall–Kier alpha value is -4.72. The Labute approximate surface area is 201 Å². The summed E-state index contributed by atoms with van der Waals surface area (Å²) in [6.07, 6.45) is 6.75. The van der Waals surface area contributed by atoms with E-state index in [2.05, 4.69) is 15.4 Å². The van der Waals surface area contributed by atoms with Crippen molar-refractivity contribution in [3.05, 3.63) is 124 Å². The van der Waals surface area contributed by atoms with Gasteiger partial charge in [0.25, 0.3) is 11.5 Å². The number of hydrogen-bond acceptors (Lipinski definition) is 5. The first-order valence-corrected chi connectivity index (χ1v) is 11.2. The van der Waals surface area contributed by atoms with Crippen LogP contribution in [-0.2, 0) is 19.6 Å². The topological polar surface area (TPSA) is 108 Å². The molecular weight excluding hydrogens is 440 g/mol. The number of nitrogens with one attached hydrogen (secondary N) is 1. The Morgan fingerprint density at radius 3 is 2.51 bits per heavy atom. The minimum absolute atomic E-state index is 0.0264. The third kappa shape index (κ3) is 5.11. The molecule has 0 atom stereocenters. The van der Waals surface area contributed by atoms with Gasteiger partial charge in [-0.05, 0) is 40.3 Å². The van der Waals surface area contributed by atoms with Crippen molar-refractivity contribution in [1.82, 2.24) is 24.6 Å². The summed E-state index contributed by atoms with van der Waals surface area (Å²) in [5.74, 6) is 0.307. The van der Waals surface area contributed by atoms with Crippen LogP contribution < -0.4 is 16.6 Å². The monoisotopic (exact) mass is 464 g/mol. The summed E-state index contributed by atoms with van der Waals surface area (Å²) in [7, 11) is 0. The molecule has 8 heteroatoms. The standard InChI is InChI=1S/C27H24N6O2/c28-26-24-9-8-21(13-22(24)10-11-29-26)14-30-27(35)23-15-31-33(18-23)17-20-6-4-19(5-7-20)16-32-12-2-1-3-25(32)34/h1-13,15,18H,14,16-17H2,(H2,28,29)(H,30,35). The third-order valence-electron chi connectivity index (χ3n) is 5.83. The largest absolute Gasteiger partial charge is 0.383 e. The van der Waals surface area contributed by atoms with Crippen molar-refractivity contribution >= 4 is 22.5 Å². The van der Waals surface area contributed by atoms with Gasteiger partial charge < -0.3 is 15.6 Å². The molecule has 1 amide bonds. The first-order chi connectivity index (χ1) is 17.0. The average Bonchev–Trinajstić information content (AvgIpc) is 3.34. The van der Waals surface area contributed by atoms with Crippen molar-refractivity contribution in [2.45, 2.75) is 19.6 Å². The van der Waals surface area contributed by atoms with Crippen LogP contribution in [0.5, 0.6) is 0 Å². The van der Waals surface area contributed by atoms with Crippen molar-refractivity contribution in [2.75, 3.05) is 5.73 Å². The molecule has 0 aliphatic rings. The number of fused-ring (bicyclic) bond motifs is 1. The van der Waals surface area contributed by atoms with Gasteiger partial charge in [0.15, 0.2) is 0 Å². The summed E-state index contributed by atoms with van der Waals surface area (Å²) in [4.78, 5) is 28.6. The molecule has 35 heavy (non-hydrogen) atoms. The van der Waals surface area contributed by atoms with E-state index in [1.165, 1.54) is 0 Å². The Kier molecular flexibility index (Phi) is 6.09. The highest BCUT2D eigenvalue weighted by Crippen LogP contribution is 2.20. The van der Waals surface area contributed by atoms with Gasteiger partial charge in [-0.1, -0.05) is 42.5 Å². The van der Waals surface area contributed by atoms with Crippen LogP contribution in [0, 0.1) is 0 Å². The maximum absolute atomic E-state index is 12.6. The van der Waals surface area contributed by atoms with Crippen molar-refractivity contribution in [2.24, 2.45) is 0 Å². The molecule has 0 bridgehead atoms. The second-order valence-corrected chi connectivity index (χ2v) is 8.34. The first kappa shape index (κ1) is 22.1. The van der Waals surface area contributed by atoms with E-state index in [0.717, 1.165) is 27.5 Å². The molecule has 174 valence electrons. The van der Waals surface area contributed by atoms with Gasteiger partial charge in [-0.2, -0.15) is 5.10 Å². The molecule has 0 saturated carbocycles. The fourth-order valence-electron chi connectivity index (χ4n) is 3.94. The maximum Gasteiger partial charge on any atom is 0.254 e. The minimum Gasteiger partial charge on any atom is -0.383 e. The predicted molar refractivity (Wildman–Crippen MR) is 135 cm³/mol. The fourth-order valence-corrected chi connectivity index (χ4v) is 3.94. The van der Waals surface area contributed by atoms with Crippen LogP contribution in [0.15, 0.2) is 96.3 Å². The number of nitrogens with zero attached hydrogens (tertiary/aromatic N) is 4. The van der Waals surface area contributed by atoms with Crippen LogP contribution in [0.1, 0.15) is 27.0 Å². The number of pyridine rings is 2. The number of amides is 1. The highest BCUT2D eigenvalue weighted by Gasteiger charge is 2.10. The molecule has 5 aromatic rings. The number of carbonyl (C=O) groups excluding carboxylic acids is 1. The molecule has 3 N–H and O–H groups in total. The van der Waals surface area contributed by atoms with Crippen molar-refractivity contribution in [1.29, 1.82) is 0 Å². The van der Waals surface area contributed by atoms with Crippen molar-refractivity contribution in [3.63, 3.8) is 0 Å². The zero-order valence-corrected chi connectivity index (χ0v) is 19.0. The van der Waals surface area contributed by atoms with E-state index in [-0.39, 0.29) is 11.5 Å². The summed E-state index contributed by atoms with van der Waals surface area (Å²) < 4.78 is 3.40. The molecule has 0 saturated heterocycles. The highest BCUT2D eigenvalue weighted by molar-refractivity contribution is 5.94. The zero-order chi connectivity index (χ0) is 24.2. The van der Waals surface area contributed by atoms with E-state index >= 15 is 0 Å². The molecule has 8 nitrogen and oxygen atoms in total. The second-order valence-electron chi connectivity index (χ2n) is 8.34. The lowest BCUT2D eigenvalue weighted by molar-refractivity contribution is 0.0951. The van der Waals surface area contributed by atoms with E-state index in [9.17, 15) is 9.59 Å². The van der Waals surface area contributed by atoms with Gasteiger partial charge in [-0.15, -0.1) is 0 Å². The summed E-state index contributed by atoms with van der Waals surface area (Å²) >= 11 is 0. The van der Waals surface area contributed by atoms with E-state index in [0.29, 0.717) is 31.0 Å². The molecule has 5 rings (SSSR count). The normalized spacial score (nSPS) is 11.0. The summed E-state index contributed by atoms with van der Waals surface area (Å²) in [5.41, 5.74) is 9.44. The summed E-state index contributed by atoms with van der Waals surface area (Å²) in [6, 6.07) is 20.9. The molecule has 2 aromatic carbocycles. The Bertz CT molecular complexity index is 1550. The van der Waals surface area contributed by atoms with Gasteiger partial charge in [-0.25, -0.2) is 4.98 Å². The Morgan fingerprint density at radius 2 is 1.71 bits per heavy atom. The third-order valence-corrected chi connectivity index (χ3v) is 5.83. The van der Waals surface area contributed by atoms with E-state index in [4.69, 9.17) is 5.73 Å². The molecule has 3 heterocycles. The number of hydrogen-bond donors (Lipinski definition) is 2. The number of anilines is 1. The molecule has 0 spiro atoms. The zero-order valence-electron chi connectivity index (χ0n) is 19.0. The first-order valence-electron chi connectivity index (χ1n) is 11.2. The SMILES string of the molecule is Nc1nccc2cc(CNC(=O)c3cnn(Cc4ccc(Cn5ccccc5=O)cc4)c3)ccc12. The lowest BCUT2D eigenvalue weighted by atomic mass is 10.1. The quantitative estimate of drug-likeness (QED) is 0.385. The second kappa shape index (κ2) is 9.64. The lowest BCUT2D eigenvalue weighted by Gasteiger charge is -2.07. The minimum atomic E-state index is -0.186. The van der Waals surface area contributed by atoms with Gasteiger partial charge in [0.05, 0.1) is 24.8 Å². The molecule has 0 unspecified atom stereocenters. The van der Waals surface area contributed by atoms with Crippen LogP contribution in [0.3, 0.4) is 0 Å². The average molecular weight is 465 g/mol. The fraction of sp³-hybridized carbons (Fsp3) is 0.111. The van der Waals surface area contributed by atoms with Crippen LogP contribution >= 0.6 is 0 Å². The van der Waals surface area contributed by atoms with E-state index in [1.54, 1.807) is 46.2 Å². The summed E-state index contributed by atoms with van der Waals surface area (Å²) in [6.45, 7) is 1.46. The number of rotatable bonds is 7. The highest BCUT2D eigenvalue weighted by atomic mass is 16.1. The van der Waals surface area contributed by atoms with Crippen LogP contribution in [0.2, 0.25) is 0 Å². The van der Waals surface area contributed by atoms with Crippen molar-refractivity contribution < 1.29 is 4.79 Å². The molecule has 0 radical (unpaired) electrons. The van der Waals surface area contributed by atoms with Gasteiger partial charge >= 0.3 is 0 Å². The number of carbonyl (C=O) groups is 1. The van der Waals surface area contributed by atoms with Gasteiger partial charge in [-0.3, -0.25) is 14.3 Å². The molecular formula is C27H24N6O2. The van der Waals surface area contributed by atoms with Gasteiger partial charge in [0.2, 0.25) is 0 Å². The maximum atomic E-state index is 12.6. The smallest absolute Gasteiger partial charge is 0.254 e. The molecule has 0 aliphatic heterocycles. The van der Waals surface area contributed by atoms with E-state index in [1.807, 2.05) is 54.6 Å². The lowest BCUT2D eigenvalue weighted by Crippen LogP contribution is -2.22. The number of benzene rings is 2. The number of nitrogens with two attached hydrogens (primary N) is 1.